The van der Waals surface area contributed by atoms with Crippen molar-refractivity contribution >= 4 is 16.9 Å². The molecule has 98 valence electrons. The fraction of sp³-hybridized carbons (Fsp3) is 0. The third-order valence-corrected chi connectivity index (χ3v) is 2.85. The van der Waals surface area contributed by atoms with Crippen molar-refractivity contribution in [2.75, 3.05) is 0 Å². The van der Waals surface area contributed by atoms with Gasteiger partial charge in [0.2, 0.25) is 5.43 Å². The Hall–Kier alpha value is -2.88. The number of hydrogen-bond donors (Lipinski definition) is 0. The molecule has 0 unspecified atom stereocenters. The number of rotatable bonds is 2. The Labute approximate surface area is 114 Å². The van der Waals surface area contributed by atoms with E-state index in [2.05, 4.69) is 0 Å². The summed E-state index contributed by atoms with van der Waals surface area (Å²) in [5, 5.41) is 0.356. The highest BCUT2D eigenvalue weighted by molar-refractivity contribution is 5.93. The number of fused-ring (bicyclic) bond motifs is 1. The fourth-order valence-corrected chi connectivity index (χ4v) is 1.87. The van der Waals surface area contributed by atoms with Crippen LogP contribution in [0, 0.1) is 0 Å². The Balaban J connectivity index is 2.00. The smallest absolute Gasteiger partial charge is 0.350 e. The number of benzene rings is 2. The van der Waals surface area contributed by atoms with E-state index in [0.29, 0.717) is 16.7 Å². The molecule has 3 aromatic rings. The lowest BCUT2D eigenvalue weighted by atomic mass is 10.2. The average molecular weight is 266 g/mol. The van der Waals surface area contributed by atoms with Gasteiger partial charge in [-0.1, -0.05) is 30.3 Å². The van der Waals surface area contributed by atoms with Gasteiger partial charge in [-0.25, -0.2) is 4.79 Å². The number of carbonyl (C=O) groups excluding carboxylic acids is 1. The lowest BCUT2D eigenvalue weighted by molar-refractivity contribution is 0.0731. The van der Waals surface area contributed by atoms with Gasteiger partial charge in [0.15, 0.2) is 0 Å². The zero-order valence-corrected chi connectivity index (χ0v) is 10.4. The Morgan fingerprint density at radius 2 is 1.65 bits per heavy atom. The van der Waals surface area contributed by atoms with Crippen LogP contribution in [-0.4, -0.2) is 5.97 Å². The second kappa shape index (κ2) is 5.01. The molecule has 0 bridgehead atoms. The number of ether oxygens (including phenoxy) is 1. The normalized spacial score (nSPS) is 10.4. The first-order valence-corrected chi connectivity index (χ1v) is 6.03. The molecular weight excluding hydrogens is 256 g/mol. The maximum absolute atomic E-state index is 12.2. The monoisotopic (exact) mass is 266 g/mol. The molecule has 0 aliphatic rings. The third-order valence-electron chi connectivity index (χ3n) is 2.85. The van der Waals surface area contributed by atoms with Crippen LogP contribution in [0.25, 0.3) is 11.0 Å². The van der Waals surface area contributed by atoms with Crippen molar-refractivity contribution in [1.29, 1.82) is 0 Å². The molecule has 4 nitrogen and oxygen atoms in total. The molecule has 3 rings (SSSR count). The van der Waals surface area contributed by atoms with Crippen molar-refractivity contribution in [1.82, 2.24) is 0 Å². The van der Waals surface area contributed by atoms with E-state index in [1.807, 2.05) is 6.07 Å². The molecule has 4 heteroatoms. The number of para-hydroxylation sites is 2. The van der Waals surface area contributed by atoms with E-state index in [9.17, 15) is 9.59 Å². The third kappa shape index (κ3) is 2.19. The van der Waals surface area contributed by atoms with Gasteiger partial charge >= 0.3 is 5.97 Å². The van der Waals surface area contributed by atoms with E-state index < -0.39 is 11.4 Å². The number of esters is 1. The van der Waals surface area contributed by atoms with Gasteiger partial charge in [0.1, 0.15) is 23.2 Å². The van der Waals surface area contributed by atoms with Gasteiger partial charge < -0.3 is 9.15 Å². The second-order valence-electron chi connectivity index (χ2n) is 4.18. The molecule has 20 heavy (non-hydrogen) atoms. The number of hydrogen-bond acceptors (Lipinski definition) is 4. The second-order valence-corrected chi connectivity index (χ2v) is 4.18. The zero-order chi connectivity index (χ0) is 13.9. The van der Waals surface area contributed by atoms with Crippen molar-refractivity contribution < 1.29 is 13.9 Å². The van der Waals surface area contributed by atoms with Crippen LogP contribution in [0.15, 0.2) is 70.1 Å². The van der Waals surface area contributed by atoms with E-state index in [0.717, 1.165) is 6.26 Å². The van der Waals surface area contributed by atoms with Crippen molar-refractivity contribution in [3.8, 4) is 5.75 Å². The summed E-state index contributed by atoms with van der Waals surface area (Å²) < 4.78 is 10.4. The van der Waals surface area contributed by atoms with Crippen LogP contribution in [0.3, 0.4) is 0 Å². The zero-order valence-electron chi connectivity index (χ0n) is 10.4. The topological polar surface area (TPSA) is 56.5 Å². The molecule has 1 aromatic heterocycles. The Kier molecular flexibility index (Phi) is 3.05. The van der Waals surface area contributed by atoms with E-state index in [1.165, 1.54) is 0 Å². The average Bonchev–Trinajstić information content (AvgIpc) is 2.49. The minimum Gasteiger partial charge on any atom is -0.463 e. The predicted octanol–water partition coefficient (Wildman–Crippen LogP) is 3.01. The quantitative estimate of drug-likeness (QED) is 0.528. The van der Waals surface area contributed by atoms with Gasteiger partial charge in [0.05, 0.1) is 5.39 Å². The predicted molar refractivity (Wildman–Crippen MR) is 73.9 cm³/mol. The molecular formula is C16H10O4. The van der Waals surface area contributed by atoms with Crippen molar-refractivity contribution in [3.63, 3.8) is 0 Å². The summed E-state index contributed by atoms with van der Waals surface area (Å²) in [4.78, 5) is 24.2. The van der Waals surface area contributed by atoms with Crippen LogP contribution in [-0.2, 0) is 0 Å². The molecule has 0 saturated heterocycles. The molecule has 1 heterocycles. The maximum atomic E-state index is 12.2. The van der Waals surface area contributed by atoms with Gasteiger partial charge in [0.25, 0.3) is 0 Å². The summed E-state index contributed by atoms with van der Waals surface area (Å²) in [6.07, 6.45) is 1.13. The van der Waals surface area contributed by atoms with E-state index >= 15 is 0 Å². The van der Waals surface area contributed by atoms with Crippen LogP contribution in [0.4, 0.5) is 0 Å². The highest BCUT2D eigenvalue weighted by Gasteiger charge is 2.16. The lowest BCUT2D eigenvalue weighted by Gasteiger charge is -2.04. The van der Waals surface area contributed by atoms with Gasteiger partial charge in [-0.2, -0.15) is 0 Å². The lowest BCUT2D eigenvalue weighted by Crippen LogP contribution is -2.19. The first-order chi connectivity index (χ1) is 9.75. The van der Waals surface area contributed by atoms with Crippen LogP contribution < -0.4 is 10.2 Å². The molecule has 0 radical (unpaired) electrons. The van der Waals surface area contributed by atoms with Gasteiger partial charge in [-0.3, -0.25) is 4.79 Å². The Morgan fingerprint density at radius 1 is 0.950 bits per heavy atom. The van der Waals surface area contributed by atoms with Crippen LogP contribution in [0.5, 0.6) is 5.75 Å². The molecule has 0 spiro atoms. The molecule has 0 atom stereocenters. The Morgan fingerprint density at radius 3 is 2.45 bits per heavy atom. The van der Waals surface area contributed by atoms with Crippen LogP contribution in [0.2, 0.25) is 0 Å². The van der Waals surface area contributed by atoms with E-state index in [-0.39, 0.29) is 5.56 Å². The molecule has 0 aliphatic carbocycles. The van der Waals surface area contributed by atoms with Gasteiger partial charge in [-0.05, 0) is 24.3 Å². The molecule has 0 amide bonds. The SMILES string of the molecule is O=C(Oc1ccccc1)c1coc2ccccc2c1=O. The highest BCUT2D eigenvalue weighted by atomic mass is 16.5. The summed E-state index contributed by atoms with van der Waals surface area (Å²) in [5.74, 6) is -0.347. The first-order valence-electron chi connectivity index (χ1n) is 6.03. The highest BCUT2D eigenvalue weighted by Crippen LogP contribution is 2.13. The van der Waals surface area contributed by atoms with Crippen molar-refractivity contribution in [2.24, 2.45) is 0 Å². The van der Waals surface area contributed by atoms with Gasteiger partial charge in [0, 0.05) is 0 Å². The first kappa shape index (κ1) is 12.2. The summed E-state index contributed by atoms with van der Waals surface area (Å²) in [6.45, 7) is 0. The molecule has 0 N–H and O–H groups in total. The minimum atomic E-state index is -0.726. The maximum Gasteiger partial charge on any atom is 0.350 e. The van der Waals surface area contributed by atoms with E-state index in [1.54, 1.807) is 48.5 Å². The fourth-order valence-electron chi connectivity index (χ4n) is 1.87. The number of carbonyl (C=O) groups is 1. The summed E-state index contributed by atoms with van der Waals surface area (Å²) >= 11 is 0. The summed E-state index contributed by atoms with van der Waals surface area (Å²) in [7, 11) is 0. The minimum absolute atomic E-state index is 0.118. The van der Waals surface area contributed by atoms with E-state index in [4.69, 9.17) is 9.15 Å². The summed E-state index contributed by atoms with van der Waals surface area (Å²) in [6, 6.07) is 15.3. The molecule has 0 aliphatic heterocycles. The molecule has 2 aromatic carbocycles. The van der Waals surface area contributed by atoms with Gasteiger partial charge in [-0.15, -0.1) is 0 Å². The van der Waals surface area contributed by atoms with Crippen molar-refractivity contribution in [3.05, 3.63) is 76.6 Å². The largest absolute Gasteiger partial charge is 0.463 e. The summed E-state index contributed by atoms with van der Waals surface area (Å²) in [5.41, 5.74) is -0.0749. The molecule has 0 fully saturated rings. The van der Waals surface area contributed by atoms with Crippen LogP contribution >= 0.6 is 0 Å². The van der Waals surface area contributed by atoms with Crippen molar-refractivity contribution in [2.45, 2.75) is 0 Å². The van der Waals surface area contributed by atoms with Crippen LogP contribution in [0.1, 0.15) is 10.4 Å². The standard InChI is InChI=1S/C16H10O4/c17-15-12-8-4-5-9-14(12)19-10-13(15)16(18)20-11-6-2-1-3-7-11/h1-10H. The Bertz CT molecular complexity index is 819. The molecule has 0 saturated carbocycles.